The van der Waals surface area contributed by atoms with Crippen molar-refractivity contribution < 1.29 is 14.1 Å². The number of carbonyl (C=O) groups excluding carboxylic acids is 1. The highest BCUT2D eigenvalue weighted by Crippen LogP contribution is 2.25. The first kappa shape index (κ1) is 16.8. The van der Waals surface area contributed by atoms with Crippen molar-refractivity contribution in [3.63, 3.8) is 0 Å². The zero-order chi connectivity index (χ0) is 17.0. The Morgan fingerprint density at radius 2 is 2.09 bits per heavy atom. The Balaban J connectivity index is 2.17. The molecule has 0 unspecified atom stereocenters. The number of benzene rings is 2. The zero-order valence-corrected chi connectivity index (χ0v) is 13.6. The lowest BCUT2D eigenvalue weighted by Crippen LogP contribution is -2.09. The van der Waals surface area contributed by atoms with Gasteiger partial charge >= 0.3 is 0 Å². The molecule has 1 N–H and O–H groups in total. The Morgan fingerprint density at radius 1 is 1.35 bits per heavy atom. The lowest BCUT2D eigenvalue weighted by atomic mass is 10.1. The summed E-state index contributed by atoms with van der Waals surface area (Å²) in [6.45, 7) is 1.55. The summed E-state index contributed by atoms with van der Waals surface area (Å²) in [4.78, 5) is 22.3. The molecule has 0 radical (unpaired) electrons. The highest BCUT2D eigenvalue weighted by Gasteiger charge is 2.14. The van der Waals surface area contributed by atoms with E-state index in [1.807, 2.05) is 0 Å². The van der Waals surface area contributed by atoms with Crippen molar-refractivity contribution in [3.05, 3.63) is 74.0 Å². The van der Waals surface area contributed by atoms with Crippen LogP contribution in [0.15, 0.2) is 46.9 Å². The Bertz CT molecular complexity index is 806. The van der Waals surface area contributed by atoms with Crippen LogP contribution in [0, 0.1) is 22.9 Å². The van der Waals surface area contributed by atoms with E-state index in [0.29, 0.717) is 15.7 Å². The van der Waals surface area contributed by atoms with Crippen LogP contribution < -0.4 is 5.32 Å². The molecule has 23 heavy (non-hydrogen) atoms. The number of nitrogens with one attached hydrogen (secondary N) is 1. The number of halogens is 2. The summed E-state index contributed by atoms with van der Waals surface area (Å²) in [5.74, 6) is -0.961. The molecule has 0 bridgehead atoms. The van der Waals surface area contributed by atoms with Gasteiger partial charge < -0.3 is 5.32 Å². The van der Waals surface area contributed by atoms with Crippen LogP contribution in [0.2, 0.25) is 0 Å². The molecule has 5 nitrogen and oxygen atoms in total. The van der Waals surface area contributed by atoms with Crippen LogP contribution in [0.25, 0.3) is 6.08 Å². The highest BCUT2D eigenvalue weighted by molar-refractivity contribution is 9.10. The number of amides is 1. The normalized spacial score (nSPS) is 10.7. The number of rotatable bonds is 4. The topological polar surface area (TPSA) is 72.2 Å². The van der Waals surface area contributed by atoms with Gasteiger partial charge in [0.1, 0.15) is 5.82 Å². The summed E-state index contributed by atoms with van der Waals surface area (Å²) in [6, 6.07) is 8.78. The fourth-order valence-corrected chi connectivity index (χ4v) is 2.32. The maximum absolute atomic E-state index is 13.6. The first-order valence-electron chi connectivity index (χ1n) is 6.56. The molecule has 0 aromatic heterocycles. The van der Waals surface area contributed by atoms with Crippen LogP contribution in [0.4, 0.5) is 15.8 Å². The van der Waals surface area contributed by atoms with E-state index < -0.39 is 16.6 Å². The van der Waals surface area contributed by atoms with Crippen molar-refractivity contribution in [2.45, 2.75) is 6.92 Å². The van der Waals surface area contributed by atoms with Crippen LogP contribution in [0.1, 0.15) is 11.1 Å². The molecule has 118 valence electrons. The molecule has 0 aliphatic rings. The third kappa shape index (κ3) is 4.23. The number of hydrogen-bond acceptors (Lipinski definition) is 3. The van der Waals surface area contributed by atoms with Gasteiger partial charge in [-0.25, -0.2) is 4.39 Å². The minimum atomic E-state index is -0.516. The summed E-state index contributed by atoms with van der Waals surface area (Å²) < 4.78 is 14.3. The molecule has 0 spiro atoms. The predicted molar refractivity (Wildman–Crippen MR) is 89.6 cm³/mol. The summed E-state index contributed by atoms with van der Waals surface area (Å²) in [6.07, 6.45) is 2.51. The molecule has 2 rings (SSSR count). The molecule has 0 saturated carbocycles. The molecule has 0 heterocycles. The Hall–Kier alpha value is -2.54. The first-order chi connectivity index (χ1) is 10.9. The standard InChI is InChI=1S/C16H12BrFN2O3/c1-10-14(3-2-4-15(10)20(22)23)19-16(21)8-5-11-9-12(17)6-7-13(11)18/h2-9H,1H3,(H,19,21)/b8-5+. The van der Waals surface area contributed by atoms with Crippen molar-refractivity contribution in [2.24, 2.45) is 0 Å². The maximum atomic E-state index is 13.6. The SMILES string of the molecule is Cc1c(NC(=O)/C=C/c2cc(Br)ccc2F)cccc1[N+](=O)[O-]. The van der Waals surface area contributed by atoms with Crippen LogP contribution in [0.3, 0.4) is 0 Å². The number of nitro benzene ring substituents is 1. The summed E-state index contributed by atoms with van der Waals surface area (Å²) in [7, 11) is 0. The number of nitro groups is 1. The molecule has 0 aliphatic heterocycles. The van der Waals surface area contributed by atoms with Gasteiger partial charge in [0, 0.05) is 22.2 Å². The molecule has 2 aromatic rings. The van der Waals surface area contributed by atoms with E-state index >= 15 is 0 Å². The Kier molecular flexibility index (Phi) is 5.23. The first-order valence-corrected chi connectivity index (χ1v) is 7.36. The molecular weight excluding hydrogens is 367 g/mol. The van der Waals surface area contributed by atoms with Gasteiger partial charge in [0.05, 0.1) is 16.2 Å². The Morgan fingerprint density at radius 3 is 2.78 bits per heavy atom. The van der Waals surface area contributed by atoms with Crippen LogP contribution >= 0.6 is 15.9 Å². The second-order valence-electron chi connectivity index (χ2n) is 4.70. The maximum Gasteiger partial charge on any atom is 0.274 e. The van der Waals surface area contributed by atoms with E-state index in [1.165, 1.54) is 36.4 Å². The molecule has 0 fully saturated rings. The molecule has 0 atom stereocenters. The van der Waals surface area contributed by atoms with Crippen LogP contribution in [0.5, 0.6) is 0 Å². The van der Waals surface area contributed by atoms with Crippen molar-refractivity contribution in [3.8, 4) is 0 Å². The monoisotopic (exact) mass is 378 g/mol. The molecule has 2 aromatic carbocycles. The van der Waals surface area contributed by atoms with Crippen molar-refractivity contribution >= 4 is 39.3 Å². The number of carbonyl (C=O) groups is 1. The number of hydrogen-bond donors (Lipinski definition) is 1. The van der Waals surface area contributed by atoms with E-state index in [9.17, 15) is 19.3 Å². The van der Waals surface area contributed by atoms with Gasteiger partial charge in [0.15, 0.2) is 0 Å². The van der Waals surface area contributed by atoms with Crippen LogP contribution in [-0.2, 0) is 4.79 Å². The van der Waals surface area contributed by atoms with Gasteiger partial charge in [-0.15, -0.1) is 0 Å². The molecule has 7 heteroatoms. The van der Waals surface area contributed by atoms with Crippen molar-refractivity contribution in [1.29, 1.82) is 0 Å². The van der Waals surface area contributed by atoms with Crippen molar-refractivity contribution in [2.75, 3.05) is 5.32 Å². The quantitative estimate of drug-likeness (QED) is 0.485. The summed E-state index contributed by atoms with van der Waals surface area (Å²) in [5.41, 5.74) is 0.867. The molecule has 0 saturated heterocycles. The largest absolute Gasteiger partial charge is 0.322 e. The van der Waals surface area contributed by atoms with E-state index in [1.54, 1.807) is 19.1 Å². The van der Waals surface area contributed by atoms with Crippen LogP contribution in [-0.4, -0.2) is 10.8 Å². The second-order valence-corrected chi connectivity index (χ2v) is 5.61. The summed E-state index contributed by atoms with van der Waals surface area (Å²) in [5, 5.41) is 13.4. The molecular formula is C16H12BrFN2O3. The second kappa shape index (κ2) is 7.15. The number of nitrogens with zero attached hydrogens (tertiary/aromatic N) is 1. The lowest BCUT2D eigenvalue weighted by Gasteiger charge is -2.06. The minimum absolute atomic E-state index is 0.0789. The van der Waals surface area contributed by atoms with Gasteiger partial charge in [-0.2, -0.15) is 0 Å². The lowest BCUT2D eigenvalue weighted by molar-refractivity contribution is -0.385. The van der Waals surface area contributed by atoms with Gasteiger partial charge in [-0.1, -0.05) is 22.0 Å². The zero-order valence-electron chi connectivity index (χ0n) is 12.0. The predicted octanol–water partition coefficient (Wildman–Crippen LogP) is 4.46. The average Bonchev–Trinajstić information content (AvgIpc) is 2.50. The highest BCUT2D eigenvalue weighted by atomic mass is 79.9. The van der Waals surface area contributed by atoms with E-state index in [4.69, 9.17) is 0 Å². The summed E-state index contributed by atoms with van der Waals surface area (Å²) >= 11 is 3.22. The Labute approximate surface area is 140 Å². The minimum Gasteiger partial charge on any atom is -0.322 e. The van der Waals surface area contributed by atoms with E-state index in [-0.39, 0.29) is 11.3 Å². The fraction of sp³-hybridized carbons (Fsp3) is 0.0625. The fourth-order valence-electron chi connectivity index (χ4n) is 1.94. The van der Waals surface area contributed by atoms with Crippen molar-refractivity contribution in [1.82, 2.24) is 0 Å². The van der Waals surface area contributed by atoms with Gasteiger partial charge in [0.25, 0.3) is 5.69 Å². The van der Waals surface area contributed by atoms with E-state index in [2.05, 4.69) is 21.2 Å². The van der Waals surface area contributed by atoms with Gasteiger partial charge in [-0.3, -0.25) is 14.9 Å². The van der Waals surface area contributed by atoms with Gasteiger partial charge in [-0.05, 0) is 37.3 Å². The third-order valence-electron chi connectivity index (χ3n) is 3.13. The molecule has 0 aliphatic carbocycles. The van der Waals surface area contributed by atoms with E-state index in [0.717, 1.165) is 0 Å². The van der Waals surface area contributed by atoms with Gasteiger partial charge in [0.2, 0.25) is 5.91 Å². The number of anilines is 1. The smallest absolute Gasteiger partial charge is 0.274 e. The molecule has 1 amide bonds. The average molecular weight is 379 g/mol. The third-order valence-corrected chi connectivity index (χ3v) is 3.63.